The van der Waals surface area contributed by atoms with E-state index in [2.05, 4.69) is 41.9 Å². The largest absolute Gasteiger partial charge is 0.490 e. The molecule has 0 saturated carbocycles. The Morgan fingerprint density at radius 1 is 1.21 bits per heavy atom. The predicted octanol–water partition coefficient (Wildman–Crippen LogP) is 3.39. The summed E-state index contributed by atoms with van der Waals surface area (Å²) in [6.07, 6.45) is 0.871. The highest BCUT2D eigenvalue weighted by molar-refractivity contribution is 9.10. The number of nitrogens with two attached hydrogens (primary N) is 1. The molecule has 0 aromatic heterocycles. The molecule has 19 heavy (non-hydrogen) atoms. The molecule has 1 rings (SSSR count). The van der Waals surface area contributed by atoms with Crippen molar-refractivity contribution in [1.82, 2.24) is 0 Å². The van der Waals surface area contributed by atoms with E-state index >= 15 is 0 Å². The minimum absolute atomic E-state index is 0.170. The maximum Gasteiger partial charge on any atom is 0.133 e. The summed E-state index contributed by atoms with van der Waals surface area (Å²) >= 11 is 3.52. The molecule has 0 radical (unpaired) electrons. The lowest BCUT2D eigenvalue weighted by molar-refractivity contribution is 0.0817. The molecule has 0 fully saturated rings. The second-order valence-corrected chi connectivity index (χ2v) is 6.12. The maximum absolute atomic E-state index is 5.79. The van der Waals surface area contributed by atoms with Gasteiger partial charge in [-0.3, -0.25) is 0 Å². The van der Waals surface area contributed by atoms with Crippen molar-refractivity contribution in [2.75, 3.05) is 19.8 Å². The highest BCUT2D eigenvalue weighted by Crippen LogP contribution is 2.26. The van der Waals surface area contributed by atoms with Gasteiger partial charge in [-0.15, -0.1) is 0 Å². The predicted molar refractivity (Wildman–Crippen MR) is 82.6 cm³/mol. The number of rotatable bonds is 8. The summed E-state index contributed by atoms with van der Waals surface area (Å²) < 4.78 is 12.1. The Bertz CT molecular complexity index is 380. The normalized spacial score (nSPS) is 12.7. The van der Waals surface area contributed by atoms with E-state index in [1.165, 1.54) is 5.56 Å². The lowest BCUT2D eigenvalue weighted by Crippen LogP contribution is -2.17. The van der Waals surface area contributed by atoms with Crippen molar-refractivity contribution >= 4 is 15.9 Å². The summed E-state index contributed by atoms with van der Waals surface area (Å²) in [5.74, 6) is 1.41. The minimum atomic E-state index is 0.170. The van der Waals surface area contributed by atoms with Crippen LogP contribution in [0.4, 0.5) is 0 Å². The first-order valence-corrected chi connectivity index (χ1v) is 7.53. The second kappa shape index (κ2) is 8.56. The molecule has 0 bridgehead atoms. The third kappa shape index (κ3) is 6.95. The first-order valence-electron chi connectivity index (χ1n) is 6.73. The van der Waals surface area contributed by atoms with E-state index in [-0.39, 0.29) is 6.04 Å². The summed E-state index contributed by atoms with van der Waals surface area (Å²) in [5, 5.41) is 0. The summed E-state index contributed by atoms with van der Waals surface area (Å²) in [6, 6.07) is 6.26. The van der Waals surface area contributed by atoms with Crippen LogP contribution in [0.25, 0.3) is 0 Å². The van der Waals surface area contributed by atoms with E-state index in [0.717, 1.165) is 23.2 Å². The summed E-state index contributed by atoms with van der Waals surface area (Å²) in [5.41, 5.74) is 7.00. The van der Waals surface area contributed by atoms with Crippen molar-refractivity contribution in [2.24, 2.45) is 11.7 Å². The molecule has 1 aromatic carbocycles. The van der Waals surface area contributed by atoms with Gasteiger partial charge in [0.25, 0.3) is 0 Å². The summed E-state index contributed by atoms with van der Waals surface area (Å²) in [6.45, 7) is 8.23. The molecule has 0 aliphatic heterocycles. The molecule has 0 aliphatic rings. The summed E-state index contributed by atoms with van der Waals surface area (Å²) in [4.78, 5) is 0. The Morgan fingerprint density at radius 3 is 2.53 bits per heavy atom. The van der Waals surface area contributed by atoms with Crippen LogP contribution >= 0.6 is 15.9 Å². The average Bonchev–Trinajstić information content (AvgIpc) is 2.30. The van der Waals surface area contributed by atoms with Crippen molar-refractivity contribution in [3.05, 3.63) is 28.2 Å². The average molecular weight is 330 g/mol. The smallest absolute Gasteiger partial charge is 0.133 e. The van der Waals surface area contributed by atoms with Gasteiger partial charge in [0.15, 0.2) is 0 Å². The Hall–Kier alpha value is -0.580. The fraction of sp³-hybridized carbons (Fsp3) is 0.600. The van der Waals surface area contributed by atoms with Gasteiger partial charge in [0.2, 0.25) is 0 Å². The van der Waals surface area contributed by atoms with Gasteiger partial charge in [-0.1, -0.05) is 19.9 Å². The van der Waals surface area contributed by atoms with Crippen LogP contribution in [-0.4, -0.2) is 25.9 Å². The SMILES string of the molecule is CC(C)COCCOc1ccc(CC(C)N)cc1Br. The molecule has 0 heterocycles. The van der Waals surface area contributed by atoms with Crippen LogP contribution in [0.2, 0.25) is 0 Å². The zero-order chi connectivity index (χ0) is 14.3. The molecular weight excluding hydrogens is 306 g/mol. The summed E-state index contributed by atoms with van der Waals surface area (Å²) in [7, 11) is 0. The number of halogens is 1. The molecule has 1 unspecified atom stereocenters. The van der Waals surface area contributed by atoms with Crippen molar-refractivity contribution in [3.63, 3.8) is 0 Å². The minimum Gasteiger partial charge on any atom is -0.490 e. The second-order valence-electron chi connectivity index (χ2n) is 5.26. The van der Waals surface area contributed by atoms with Crippen LogP contribution in [0.3, 0.4) is 0 Å². The van der Waals surface area contributed by atoms with Gasteiger partial charge in [-0.05, 0) is 52.9 Å². The quantitative estimate of drug-likeness (QED) is 0.743. The first kappa shape index (κ1) is 16.5. The topological polar surface area (TPSA) is 44.5 Å². The molecule has 108 valence electrons. The zero-order valence-corrected chi connectivity index (χ0v) is 13.6. The molecule has 1 aromatic rings. The van der Waals surface area contributed by atoms with Gasteiger partial charge < -0.3 is 15.2 Å². The van der Waals surface area contributed by atoms with E-state index in [1.807, 2.05) is 13.0 Å². The third-order valence-corrected chi connectivity index (χ3v) is 3.11. The molecule has 1 atom stereocenters. The molecular formula is C15H24BrNO2. The number of hydrogen-bond acceptors (Lipinski definition) is 3. The Labute approximate surface area is 124 Å². The van der Waals surface area contributed by atoms with Gasteiger partial charge in [-0.25, -0.2) is 0 Å². The van der Waals surface area contributed by atoms with Crippen LogP contribution in [0.1, 0.15) is 26.3 Å². The monoisotopic (exact) mass is 329 g/mol. The van der Waals surface area contributed by atoms with Crippen LogP contribution in [0.15, 0.2) is 22.7 Å². The number of ether oxygens (including phenoxy) is 2. The van der Waals surface area contributed by atoms with Gasteiger partial charge in [0.05, 0.1) is 11.1 Å². The first-order chi connectivity index (χ1) is 8.99. The maximum atomic E-state index is 5.79. The van der Waals surface area contributed by atoms with Crippen molar-refractivity contribution in [1.29, 1.82) is 0 Å². The highest BCUT2D eigenvalue weighted by Gasteiger charge is 2.04. The van der Waals surface area contributed by atoms with Crippen LogP contribution in [-0.2, 0) is 11.2 Å². The molecule has 2 N–H and O–H groups in total. The fourth-order valence-electron chi connectivity index (χ4n) is 1.69. The van der Waals surface area contributed by atoms with E-state index in [1.54, 1.807) is 0 Å². The van der Waals surface area contributed by atoms with Crippen molar-refractivity contribution in [3.8, 4) is 5.75 Å². The standard InChI is InChI=1S/C15H24BrNO2/c1-11(2)10-18-6-7-19-15-5-4-13(8-12(3)17)9-14(15)16/h4-5,9,11-12H,6-8,10,17H2,1-3H3. The van der Waals surface area contributed by atoms with Crippen LogP contribution in [0, 0.1) is 5.92 Å². The van der Waals surface area contributed by atoms with Gasteiger partial charge in [0, 0.05) is 12.6 Å². The third-order valence-electron chi connectivity index (χ3n) is 2.49. The zero-order valence-electron chi connectivity index (χ0n) is 12.0. The van der Waals surface area contributed by atoms with Gasteiger partial charge >= 0.3 is 0 Å². The lowest BCUT2D eigenvalue weighted by atomic mass is 10.1. The number of hydrogen-bond donors (Lipinski definition) is 1. The molecule has 0 saturated heterocycles. The molecule has 0 amide bonds. The molecule has 3 nitrogen and oxygen atoms in total. The Kier molecular flexibility index (Phi) is 7.42. The number of benzene rings is 1. The van der Waals surface area contributed by atoms with Crippen LogP contribution < -0.4 is 10.5 Å². The van der Waals surface area contributed by atoms with Crippen molar-refractivity contribution in [2.45, 2.75) is 33.2 Å². The lowest BCUT2D eigenvalue weighted by Gasteiger charge is -2.11. The molecule has 0 spiro atoms. The Morgan fingerprint density at radius 2 is 1.95 bits per heavy atom. The van der Waals surface area contributed by atoms with Crippen LogP contribution in [0.5, 0.6) is 5.75 Å². The van der Waals surface area contributed by atoms with Gasteiger partial charge in [-0.2, -0.15) is 0 Å². The van der Waals surface area contributed by atoms with E-state index < -0.39 is 0 Å². The highest BCUT2D eigenvalue weighted by atomic mass is 79.9. The van der Waals surface area contributed by atoms with Gasteiger partial charge in [0.1, 0.15) is 12.4 Å². The molecule has 0 aliphatic carbocycles. The van der Waals surface area contributed by atoms with E-state index in [9.17, 15) is 0 Å². The van der Waals surface area contributed by atoms with Crippen molar-refractivity contribution < 1.29 is 9.47 Å². The van der Waals surface area contributed by atoms with E-state index in [4.69, 9.17) is 15.2 Å². The van der Waals surface area contributed by atoms with E-state index in [0.29, 0.717) is 19.1 Å². The Balaban J connectivity index is 2.38. The molecule has 4 heteroatoms. The fourth-order valence-corrected chi connectivity index (χ4v) is 2.23.